The molecule has 22 heavy (non-hydrogen) atoms. The second-order valence-electron chi connectivity index (χ2n) is 4.94. The molecule has 3 atom stereocenters. The zero-order valence-corrected chi connectivity index (χ0v) is 12.2. The van der Waals surface area contributed by atoms with Crippen molar-refractivity contribution in [1.29, 1.82) is 0 Å². The van der Waals surface area contributed by atoms with Crippen molar-refractivity contribution in [3.8, 4) is 0 Å². The van der Waals surface area contributed by atoms with Crippen LogP contribution in [0, 0.1) is 17.6 Å². The lowest BCUT2D eigenvalue weighted by molar-refractivity contribution is -0.146. The summed E-state index contributed by atoms with van der Waals surface area (Å²) in [6.45, 7) is -0.132. The SMILES string of the molecule is O=C(O)C1CCOCC1c1cc(F)c(CNS(=O)[O-])cc1F. The second kappa shape index (κ2) is 7.23. The molecule has 3 unspecified atom stereocenters. The van der Waals surface area contributed by atoms with E-state index in [4.69, 9.17) is 4.74 Å². The van der Waals surface area contributed by atoms with Gasteiger partial charge in [-0.05, 0) is 24.1 Å². The number of halogens is 2. The number of rotatable bonds is 5. The number of hydrogen-bond donors (Lipinski definition) is 2. The lowest BCUT2D eigenvalue weighted by Crippen LogP contribution is -2.32. The number of hydrogen-bond acceptors (Lipinski definition) is 4. The van der Waals surface area contributed by atoms with Crippen molar-refractivity contribution in [3.05, 3.63) is 34.9 Å². The molecule has 0 aliphatic carbocycles. The van der Waals surface area contributed by atoms with Gasteiger partial charge in [0.2, 0.25) is 0 Å². The van der Waals surface area contributed by atoms with Gasteiger partial charge >= 0.3 is 5.97 Å². The summed E-state index contributed by atoms with van der Waals surface area (Å²) in [6.07, 6.45) is 0.222. The average molecular weight is 334 g/mol. The van der Waals surface area contributed by atoms with Crippen LogP contribution in [0.25, 0.3) is 0 Å². The molecule has 6 nitrogen and oxygen atoms in total. The lowest BCUT2D eigenvalue weighted by Gasteiger charge is -2.29. The molecular formula is C13H14F2NO5S-. The summed E-state index contributed by atoms with van der Waals surface area (Å²) >= 11 is -2.59. The predicted octanol–water partition coefficient (Wildman–Crippen LogP) is 1.05. The molecule has 0 saturated carbocycles. The molecule has 0 amide bonds. The summed E-state index contributed by atoms with van der Waals surface area (Å²) in [4.78, 5) is 11.2. The van der Waals surface area contributed by atoms with Gasteiger partial charge in [0.25, 0.3) is 0 Å². The third-order valence-corrected chi connectivity index (χ3v) is 4.00. The van der Waals surface area contributed by atoms with Crippen LogP contribution in [0.1, 0.15) is 23.5 Å². The minimum Gasteiger partial charge on any atom is -0.760 e. The van der Waals surface area contributed by atoms with Crippen LogP contribution in [0.4, 0.5) is 8.78 Å². The molecule has 0 aromatic heterocycles. The van der Waals surface area contributed by atoms with Gasteiger partial charge in [0.15, 0.2) is 0 Å². The quantitative estimate of drug-likeness (QED) is 0.784. The lowest BCUT2D eigenvalue weighted by atomic mass is 9.82. The van der Waals surface area contributed by atoms with Crippen LogP contribution in [0.3, 0.4) is 0 Å². The van der Waals surface area contributed by atoms with E-state index in [-0.39, 0.29) is 37.3 Å². The molecule has 0 spiro atoms. The first-order valence-electron chi connectivity index (χ1n) is 6.51. The molecule has 1 fully saturated rings. The van der Waals surface area contributed by atoms with Gasteiger partial charge in [-0.25, -0.2) is 13.5 Å². The first kappa shape index (κ1) is 16.9. The Labute approximate surface area is 127 Å². The van der Waals surface area contributed by atoms with Gasteiger partial charge in [-0.1, -0.05) is 0 Å². The molecule has 0 radical (unpaired) electrons. The number of ether oxygens (including phenoxy) is 1. The molecule has 1 aromatic rings. The maximum Gasteiger partial charge on any atom is 0.307 e. The summed E-state index contributed by atoms with van der Waals surface area (Å²) in [5.41, 5.74) is -0.231. The Morgan fingerprint density at radius 2 is 2.18 bits per heavy atom. The average Bonchev–Trinajstić information content (AvgIpc) is 2.47. The number of carboxylic acids is 1. The zero-order chi connectivity index (χ0) is 16.3. The third kappa shape index (κ3) is 3.86. The molecule has 122 valence electrons. The molecule has 2 rings (SSSR count). The molecular weight excluding hydrogens is 320 g/mol. The predicted molar refractivity (Wildman–Crippen MR) is 71.4 cm³/mol. The number of nitrogens with one attached hydrogen (secondary N) is 1. The minimum atomic E-state index is -2.59. The number of aliphatic carboxylic acids is 1. The molecule has 2 N–H and O–H groups in total. The molecule has 1 aliphatic heterocycles. The normalized spacial score (nSPS) is 23.2. The van der Waals surface area contributed by atoms with E-state index in [0.29, 0.717) is 0 Å². The van der Waals surface area contributed by atoms with E-state index >= 15 is 0 Å². The van der Waals surface area contributed by atoms with Crippen molar-refractivity contribution in [1.82, 2.24) is 4.72 Å². The minimum absolute atomic E-state index is 0.00446. The summed E-state index contributed by atoms with van der Waals surface area (Å²) < 4.78 is 56.1. The van der Waals surface area contributed by atoms with Crippen molar-refractivity contribution in [2.75, 3.05) is 13.2 Å². The van der Waals surface area contributed by atoms with Crippen molar-refractivity contribution >= 4 is 17.2 Å². The summed E-state index contributed by atoms with van der Waals surface area (Å²) in [5.74, 6) is -4.29. The molecule has 1 aromatic carbocycles. The Balaban J connectivity index is 2.29. The van der Waals surface area contributed by atoms with Gasteiger partial charge in [-0.3, -0.25) is 9.00 Å². The Morgan fingerprint density at radius 3 is 2.82 bits per heavy atom. The Hall–Kier alpha value is -1.42. The Morgan fingerprint density at radius 1 is 1.45 bits per heavy atom. The van der Waals surface area contributed by atoms with Crippen LogP contribution in [0.2, 0.25) is 0 Å². The van der Waals surface area contributed by atoms with Crippen LogP contribution >= 0.6 is 0 Å². The highest BCUT2D eigenvalue weighted by Crippen LogP contribution is 2.34. The van der Waals surface area contributed by atoms with Crippen molar-refractivity contribution in [2.24, 2.45) is 5.92 Å². The van der Waals surface area contributed by atoms with Crippen LogP contribution in [0.5, 0.6) is 0 Å². The van der Waals surface area contributed by atoms with Gasteiger partial charge in [-0.2, -0.15) is 0 Å². The van der Waals surface area contributed by atoms with Crippen molar-refractivity contribution in [2.45, 2.75) is 18.9 Å². The summed E-state index contributed by atoms with van der Waals surface area (Å²) in [7, 11) is 0. The summed E-state index contributed by atoms with van der Waals surface area (Å²) in [5, 5.41) is 9.18. The van der Waals surface area contributed by atoms with Crippen LogP contribution in [-0.4, -0.2) is 33.1 Å². The number of carbonyl (C=O) groups is 1. The van der Waals surface area contributed by atoms with E-state index in [2.05, 4.69) is 0 Å². The fourth-order valence-electron chi connectivity index (χ4n) is 2.50. The second-order valence-corrected chi connectivity index (χ2v) is 5.69. The van der Waals surface area contributed by atoms with Crippen molar-refractivity contribution in [3.63, 3.8) is 0 Å². The molecule has 1 saturated heterocycles. The van der Waals surface area contributed by atoms with Crippen molar-refractivity contribution < 1.29 is 32.2 Å². The maximum absolute atomic E-state index is 14.2. The Bertz CT molecular complexity index is 598. The molecule has 1 aliphatic rings. The van der Waals surface area contributed by atoms with Gasteiger partial charge in [0, 0.05) is 35.9 Å². The van der Waals surface area contributed by atoms with Gasteiger partial charge in [0.05, 0.1) is 12.5 Å². The van der Waals surface area contributed by atoms with Gasteiger partial charge in [0.1, 0.15) is 11.6 Å². The zero-order valence-electron chi connectivity index (χ0n) is 11.4. The van der Waals surface area contributed by atoms with E-state index < -0.39 is 40.7 Å². The largest absolute Gasteiger partial charge is 0.760 e. The van der Waals surface area contributed by atoms with E-state index in [1.165, 1.54) is 0 Å². The smallest absolute Gasteiger partial charge is 0.307 e. The van der Waals surface area contributed by atoms with Gasteiger partial charge < -0.3 is 14.4 Å². The van der Waals surface area contributed by atoms with Gasteiger partial charge in [-0.15, -0.1) is 0 Å². The summed E-state index contributed by atoms with van der Waals surface area (Å²) in [6, 6.07) is 1.79. The molecule has 0 bridgehead atoms. The van der Waals surface area contributed by atoms with E-state index in [9.17, 15) is 27.4 Å². The van der Waals surface area contributed by atoms with E-state index in [0.717, 1.165) is 12.1 Å². The highest BCUT2D eigenvalue weighted by atomic mass is 32.2. The fourth-order valence-corrected chi connectivity index (χ4v) is 2.77. The highest BCUT2D eigenvalue weighted by molar-refractivity contribution is 7.77. The van der Waals surface area contributed by atoms with Crippen LogP contribution in [0.15, 0.2) is 12.1 Å². The topological polar surface area (TPSA) is 98.7 Å². The Kier molecular flexibility index (Phi) is 5.57. The van der Waals surface area contributed by atoms with Crippen LogP contribution < -0.4 is 4.72 Å². The third-order valence-electron chi connectivity index (χ3n) is 3.62. The maximum atomic E-state index is 14.2. The standard InChI is InChI=1S/C13H15F2NO5S/c14-11-4-9(10-6-21-2-1-8(10)13(17)18)12(15)3-7(11)5-16-22(19)20/h3-4,8,10,16H,1-2,5-6H2,(H,17,18)(H,19,20)/p-1. The monoisotopic (exact) mass is 334 g/mol. The number of carboxylic acid groups (broad SMARTS) is 1. The van der Waals surface area contributed by atoms with E-state index in [1.54, 1.807) is 0 Å². The first-order valence-corrected chi connectivity index (χ1v) is 7.58. The van der Waals surface area contributed by atoms with E-state index in [1.807, 2.05) is 4.72 Å². The fraction of sp³-hybridized carbons (Fsp3) is 0.462. The molecule has 1 heterocycles. The number of benzene rings is 1. The highest BCUT2D eigenvalue weighted by Gasteiger charge is 2.34. The van der Waals surface area contributed by atoms with Crippen LogP contribution in [-0.2, 0) is 27.3 Å². The molecule has 9 heteroatoms. The first-order chi connectivity index (χ1) is 10.4.